The summed E-state index contributed by atoms with van der Waals surface area (Å²) in [6, 6.07) is 17.6. The van der Waals surface area contributed by atoms with Gasteiger partial charge in [-0.1, -0.05) is 12.6 Å². The normalized spacial score (nSPS) is 19.8. The van der Waals surface area contributed by atoms with Crippen molar-refractivity contribution >= 4 is 48.0 Å². The second-order valence-electron chi connectivity index (χ2n) is 11.5. The van der Waals surface area contributed by atoms with Crippen molar-refractivity contribution in [2.24, 2.45) is 0 Å². The Morgan fingerprint density at radius 1 is 1.05 bits per heavy atom. The molecular formula is C34H41IN6O2. The van der Waals surface area contributed by atoms with Gasteiger partial charge < -0.3 is 0 Å². The summed E-state index contributed by atoms with van der Waals surface area (Å²) >= 11 is -0.953. The molecular weight excluding hydrogens is 651 g/mol. The fourth-order valence-electron chi connectivity index (χ4n) is 6.58. The van der Waals surface area contributed by atoms with Crippen LogP contribution < -0.4 is 14.5 Å². The maximum absolute atomic E-state index is 12.5. The van der Waals surface area contributed by atoms with Gasteiger partial charge in [-0.15, -0.1) is 0 Å². The molecule has 0 saturated carbocycles. The Morgan fingerprint density at radius 2 is 1.86 bits per heavy atom. The molecule has 0 bridgehead atoms. The number of carbonyl (C=O) groups is 1. The number of nitriles is 1. The minimum absolute atomic E-state index is 0.123. The van der Waals surface area contributed by atoms with Gasteiger partial charge in [0, 0.05) is 0 Å². The number of nitrogens with zero attached hydrogens (tertiary/aromatic N) is 6. The van der Waals surface area contributed by atoms with Gasteiger partial charge in [0.2, 0.25) is 0 Å². The molecule has 1 unspecified atom stereocenters. The van der Waals surface area contributed by atoms with E-state index in [-0.39, 0.29) is 18.4 Å². The number of hydrogen-bond acceptors (Lipinski definition) is 7. The first-order valence-corrected chi connectivity index (χ1v) is 20.1. The monoisotopic (exact) mass is 692 g/mol. The molecule has 2 fully saturated rings. The van der Waals surface area contributed by atoms with Gasteiger partial charge in [-0.2, -0.15) is 0 Å². The quantitative estimate of drug-likeness (QED) is 0.169. The second kappa shape index (κ2) is 13.9. The molecule has 0 N–H and O–H groups in total. The number of ether oxygens (including phenoxy) is 1. The van der Waals surface area contributed by atoms with Crippen LogP contribution in [0, 0.1) is 11.3 Å². The van der Waals surface area contributed by atoms with Crippen molar-refractivity contribution in [2.75, 3.05) is 55.9 Å². The molecule has 226 valence electrons. The number of hydrogen-bond donors (Lipinski definition) is 0. The van der Waals surface area contributed by atoms with Crippen molar-refractivity contribution in [1.82, 2.24) is 14.9 Å². The average molecular weight is 693 g/mol. The molecule has 1 amide bonds. The predicted molar refractivity (Wildman–Crippen MR) is 181 cm³/mol. The number of halogens is 1. The Labute approximate surface area is 262 Å². The molecule has 1 atom stereocenters. The van der Waals surface area contributed by atoms with Crippen LogP contribution in [0.2, 0.25) is 0 Å². The van der Waals surface area contributed by atoms with E-state index in [1.54, 1.807) is 4.90 Å². The van der Waals surface area contributed by atoms with E-state index in [1.165, 1.54) is 61.5 Å². The minimum atomic E-state index is -0.953. The molecule has 1 aromatic heterocycles. The number of aromatic nitrogens is 2. The van der Waals surface area contributed by atoms with Crippen LogP contribution in [0.3, 0.4) is 0 Å². The van der Waals surface area contributed by atoms with E-state index < -0.39 is 19.8 Å². The van der Waals surface area contributed by atoms with Crippen molar-refractivity contribution in [3.8, 4) is 12.1 Å². The third-order valence-electron chi connectivity index (χ3n) is 8.82. The Kier molecular flexibility index (Phi) is 9.61. The number of carbonyl (C=O) groups excluding carboxylic acids is 1. The molecule has 4 heterocycles. The summed E-state index contributed by atoms with van der Waals surface area (Å²) in [5.74, 6) is 0.780. The van der Waals surface area contributed by atoms with Crippen LogP contribution in [-0.2, 0) is 17.8 Å². The summed E-state index contributed by atoms with van der Waals surface area (Å²) in [7, 11) is 0. The molecule has 0 aliphatic carbocycles. The fourth-order valence-corrected chi connectivity index (χ4v) is 12.3. The maximum atomic E-state index is 12.5. The molecule has 3 aliphatic heterocycles. The molecule has 0 radical (unpaired) electrons. The second-order valence-corrected chi connectivity index (χ2v) is 18.0. The van der Waals surface area contributed by atoms with E-state index in [4.69, 9.17) is 14.7 Å². The standard InChI is InChI=1S/C34H41IN6O2/c1-2-32(42)41-22-21-40(24-27(41)14-19-36)33-29-15-20-39(31-13-9-11-26-10-5-6-12-28(26)31)25-30(29)37-34(38-33)43-23-18-35-16-7-3-4-8-17-35/h2,5-6,9-13,27H,1,3-4,7-8,14-18,20-25H2. The zero-order valence-electron chi connectivity index (χ0n) is 24.9. The molecule has 3 aromatic rings. The van der Waals surface area contributed by atoms with E-state index in [0.29, 0.717) is 38.8 Å². The van der Waals surface area contributed by atoms with E-state index in [2.05, 4.69) is 64.9 Å². The van der Waals surface area contributed by atoms with Crippen molar-refractivity contribution in [3.63, 3.8) is 0 Å². The van der Waals surface area contributed by atoms with Crippen molar-refractivity contribution in [3.05, 3.63) is 66.4 Å². The predicted octanol–water partition coefficient (Wildman–Crippen LogP) is 5.77. The van der Waals surface area contributed by atoms with Crippen LogP contribution in [0.4, 0.5) is 11.5 Å². The molecule has 6 rings (SSSR count). The first-order chi connectivity index (χ1) is 21.1. The SMILES string of the molecule is C=CC(=O)N1CCN(c2nc(OCCI3CCCCCC3)nc3c2CCN(c2cccc4ccccc24)C3)CC1CC#N. The third-order valence-corrected chi connectivity index (χ3v) is 15.4. The zero-order chi connectivity index (χ0) is 29.6. The number of alkyl halides is 3. The average Bonchev–Trinajstić information content (AvgIpc) is 3.32. The van der Waals surface area contributed by atoms with E-state index in [1.807, 2.05) is 0 Å². The molecule has 8 nitrogen and oxygen atoms in total. The first-order valence-electron chi connectivity index (χ1n) is 15.5. The van der Waals surface area contributed by atoms with E-state index >= 15 is 0 Å². The fraction of sp³-hybridized carbons (Fsp3) is 0.471. The first kappa shape index (κ1) is 29.7. The Hall–Kier alpha value is -3.39. The van der Waals surface area contributed by atoms with E-state index in [9.17, 15) is 10.1 Å². The summed E-state index contributed by atoms with van der Waals surface area (Å²) < 4.78 is 10.4. The topological polar surface area (TPSA) is 85.6 Å². The molecule has 2 aromatic carbocycles. The summed E-state index contributed by atoms with van der Waals surface area (Å²) in [4.78, 5) is 29.0. The van der Waals surface area contributed by atoms with Crippen LogP contribution in [0.5, 0.6) is 6.01 Å². The van der Waals surface area contributed by atoms with E-state index in [0.717, 1.165) is 30.0 Å². The van der Waals surface area contributed by atoms with Gasteiger partial charge in [0.05, 0.1) is 0 Å². The summed E-state index contributed by atoms with van der Waals surface area (Å²) in [5.41, 5.74) is 3.38. The van der Waals surface area contributed by atoms with Gasteiger partial charge in [-0.25, -0.2) is 0 Å². The number of fused-ring (bicyclic) bond motifs is 2. The third kappa shape index (κ3) is 6.74. The summed E-state index contributed by atoms with van der Waals surface area (Å²) in [6.07, 6.45) is 7.98. The van der Waals surface area contributed by atoms with Crippen LogP contribution in [0.1, 0.15) is 43.4 Å². The Morgan fingerprint density at radius 3 is 2.67 bits per heavy atom. The summed E-state index contributed by atoms with van der Waals surface area (Å²) in [5, 5.41) is 12.0. The Balaban J connectivity index is 1.28. The van der Waals surface area contributed by atoms with Crippen LogP contribution in [-0.4, -0.2) is 72.9 Å². The van der Waals surface area contributed by atoms with Crippen LogP contribution in [0.25, 0.3) is 10.8 Å². The number of rotatable bonds is 8. The van der Waals surface area contributed by atoms with Gasteiger partial charge in [0.15, 0.2) is 0 Å². The number of benzene rings is 2. The number of amides is 1. The van der Waals surface area contributed by atoms with Crippen LogP contribution >= 0.6 is 19.8 Å². The summed E-state index contributed by atoms with van der Waals surface area (Å²) in [6.45, 7) is 7.64. The van der Waals surface area contributed by atoms with Gasteiger partial charge in [0.1, 0.15) is 0 Å². The van der Waals surface area contributed by atoms with Gasteiger partial charge >= 0.3 is 250 Å². The molecule has 3 aliphatic rings. The van der Waals surface area contributed by atoms with Crippen molar-refractivity contribution in [2.45, 2.75) is 51.1 Å². The Bertz CT molecular complexity index is 1490. The van der Waals surface area contributed by atoms with Gasteiger partial charge in [0.25, 0.3) is 0 Å². The molecule has 43 heavy (non-hydrogen) atoms. The van der Waals surface area contributed by atoms with Crippen LogP contribution in [0.15, 0.2) is 55.1 Å². The van der Waals surface area contributed by atoms with Gasteiger partial charge in [-0.3, -0.25) is 0 Å². The zero-order valence-corrected chi connectivity index (χ0v) is 27.0. The van der Waals surface area contributed by atoms with Crippen molar-refractivity contribution in [1.29, 1.82) is 5.26 Å². The van der Waals surface area contributed by atoms with Gasteiger partial charge in [-0.05, 0) is 0 Å². The molecule has 2 saturated heterocycles. The molecule has 0 spiro atoms. The van der Waals surface area contributed by atoms with Crippen molar-refractivity contribution < 1.29 is 9.53 Å². The molecule has 9 heteroatoms. The number of piperazine rings is 1. The number of anilines is 2.